The van der Waals surface area contributed by atoms with Crippen LogP contribution in [0.25, 0.3) is 0 Å². The fourth-order valence-electron chi connectivity index (χ4n) is 2.41. The second-order valence-electron chi connectivity index (χ2n) is 4.95. The summed E-state index contributed by atoms with van der Waals surface area (Å²) >= 11 is 0. The number of halogens is 2. The van der Waals surface area contributed by atoms with E-state index in [-0.39, 0.29) is 30.7 Å². The molecule has 3 nitrogen and oxygen atoms in total. The van der Waals surface area contributed by atoms with Crippen molar-refractivity contribution in [1.29, 1.82) is 0 Å². The van der Waals surface area contributed by atoms with Crippen molar-refractivity contribution in [3.63, 3.8) is 0 Å². The molecule has 0 saturated heterocycles. The molecule has 1 N–H and O–H groups in total. The molecule has 1 atom stereocenters. The molecular formula is C12H18F2N2O. The van der Waals surface area contributed by atoms with Gasteiger partial charge >= 0.3 is 0 Å². The molecule has 0 unspecified atom stereocenters. The van der Waals surface area contributed by atoms with Gasteiger partial charge in [-0.2, -0.15) is 0 Å². The van der Waals surface area contributed by atoms with Gasteiger partial charge in [0.25, 0.3) is 0 Å². The smallest absolute Gasteiger partial charge is 0.248 e. The maximum Gasteiger partial charge on any atom is 0.248 e. The molecule has 0 spiro atoms. The van der Waals surface area contributed by atoms with E-state index in [1.807, 2.05) is 6.92 Å². The molecule has 1 amide bonds. The Bertz CT molecular complexity index is 320. The number of nitrogens with one attached hydrogen (secondary N) is 1. The molecule has 2 rings (SSSR count). The molecule has 1 saturated carbocycles. The van der Waals surface area contributed by atoms with Gasteiger partial charge in [-0.1, -0.05) is 0 Å². The Morgan fingerprint density at radius 3 is 2.65 bits per heavy atom. The molecule has 1 aliphatic heterocycles. The number of carbonyl (C=O) groups is 1. The molecule has 5 heteroatoms. The van der Waals surface area contributed by atoms with Gasteiger partial charge in [-0.15, -0.1) is 0 Å². The molecule has 96 valence electrons. The summed E-state index contributed by atoms with van der Waals surface area (Å²) in [6.07, 6.45) is 3.73. The van der Waals surface area contributed by atoms with Crippen LogP contribution >= 0.6 is 0 Å². The molecule has 2 aliphatic rings. The summed E-state index contributed by atoms with van der Waals surface area (Å²) < 4.78 is 26.0. The minimum Gasteiger partial charge on any atom is -0.388 e. The first kappa shape index (κ1) is 12.3. The Labute approximate surface area is 99.9 Å². The van der Waals surface area contributed by atoms with E-state index in [1.54, 1.807) is 17.3 Å². The number of amides is 1. The molecule has 0 aromatic rings. The van der Waals surface area contributed by atoms with Crippen LogP contribution in [0, 0.1) is 5.92 Å². The zero-order valence-corrected chi connectivity index (χ0v) is 9.96. The second kappa shape index (κ2) is 4.63. The summed E-state index contributed by atoms with van der Waals surface area (Å²) in [4.78, 5) is 13.8. The fraction of sp³-hybridized carbons (Fsp3) is 0.750. The van der Waals surface area contributed by atoms with Gasteiger partial charge in [-0.25, -0.2) is 8.78 Å². The van der Waals surface area contributed by atoms with Gasteiger partial charge < -0.3 is 10.2 Å². The first-order valence-electron chi connectivity index (χ1n) is 6.10. The third-order valence-electron chi connectivity index (χ3n) is 3.56. The highest BCUT2D eigenvalue weighted by atomic mass is 19.3. The lowest BCUT2D eigenvalue weighted by Crippen LogP contribution is -2.46. The Morgan fingerprint density at radius 2 is 2.06 bits per heavy atom. The lowest BCUT2D eigenvalue weighted by Gasteiger charge is -2.35. The third kappa shape index (κ3) is 2.76. The number of hydrogen-bond donors (Lipinski definition) is 1. The third-order valence-corrected chi connectivity index (χ3v) is 3.56. The molecule has 17 heavy (non-hydrogen) atoms. The van der Waals surface area contributed by atoms with Crippen molar-refractivity contribution in [2.75, 3.05) is 6.54 Å². The summed E-state index contributed by atoms with van der Waals surface area (Å²) in [6, 6.07) is 0.0925. The summed E-state index contributed by atoms with van der Waals surface area (Å²) in [6.45, 7) is 2.66. The maximum absolute atomic E-state index is 13.0. The Morgan fingerprint density at radius 1 is 1.41 bits per heavy atom. The molecule has 1 aliphatic carbocycles. The van der Waals surface area contributed by atoms with Gasteiger partial charge in [0.1, 0.15) is 0 Å². The topological polar surface area (TPSA) is 32.3 Å². The predicted molar refractivity (Wildman–Crippen MR) is 60.4 cm³/mol. The van der Waals surface area contributed by atoms with E-state index in [0.29, 0.717) is 19.4 Å². The highest BCUT2D eigenvalue weighted by molar-refractivity contribution is 5.80. The van der Waals surface area contributed by atoms with E-state index in [2.05, 4.69) is 5.32 Å². The van der Waals surface area contributed by atoms with Crippen molar-refractivity contribution in [2.24, 2.45) is 5.92 Å². The van der Waals surface area contributed by atoms with Crippen LogP contribution in [0.3, 0.4) is 0 Å². The highest BCUT2D eigenvalue weighted by Gasteiger charge is 2.39. The van der Waals surface area contributed by atoms with Gasteiger partial charge in [0.05, 0.1) is 6.04 Å². The first-order chi connectivity index (χ1) is 7.99. The molecule has 0 radical (unpaired) electrons. The Balaban J connectivity index is 1.96. The van der Waals surface area contributed by atoms with E-state index in [1.165, 1.54) is 0 Å². The normalized spacial score (nSPS) is 28.9. The van der Waals surface area contributed by atoms with E-state index in [9.17, 15) is 13.6 Å². The second-order valence-corrected chi connectivity index (χ2v) is 4.95. The molecule has 1 heterocycles. The summed E-state index contributed by atoms with van der Waals surface area (Å²) in [5, 5.41) is 3.04. The lowest BCUT2D eigenvalue weighted by atomic mass is 9.85. The minimum absolute atomic E-state index is 0.00856. The van der Waals surface area contributed by atoms with Crippen molar-refractivity contribution in [2.45, 2.75) is 44.6 Å². The number of carbonyl (C=O) groups excluding carboxylic acids is 1. The van der Waals surface area contributed by atoms with Crippen LogP contribution < -0.4 is 5.32 Å². The maximum atomic E-state index is 13.0. The average Bonchev–Trinajstić information content (AvgIpc) is 2.29. The highest BCUT2D eigenvalue weighted by Crippen LogP contribution is 2.37. The standard InChI is InChI=1S/C12H18F2N2O/c1-9-8-15-6-7-16(9)11(17)10-2-4-12(13,14)5-3-10/h6-7,9-10,15H,2-5,8H2,1H3/t9-/m0/s1. The summed E-state index contributed by atoms with van der Waals surface area (Å²) in [5.74, 6) is -2.81. The number of hydrogen-bond acceptors (Lipinski definition) is 2. The van der Waals surface area contributed by atoms with Crippen LogP contribution in [0.5, 0.6) is 0 Å². The first-order valence-corrected chi connectivity index (χ1v) is 6.10. The SMILES string of the molecule is C[C@H]1CNC=CN1C(=O)C1CCC(F)(F)CC1. The van der Waals surface area contributed by atoms with Gasteiger partial charge in [0, 0.05) is 37.7 Å². The average molecular weight is 244 g/mol. The Hall–Kier alpha value is -1.13. The van der Waals surface area contributed by atoms with Gasteiger partial charge in [-0.05, 0) is 19.8 Å². The number of rotatable bonds is 1. The van der Waals surface area contributed by atoms with Crippen LogP contribution in [0.1, 0.15) is 32.6 Å². The van der Waals surface area contributed by atoms with Gasteiger partial charge in [-0.3, -0.25) is 4.79 Å². The van der Waals surface area contributed by atoms with E-state index in [4.69, 9.17) is 0 Å². The zero-order valence-electron chi connectivity index (χ0n) is 9.96. The van der Waals surface area contributed by atoms with Crippen molar-refractivity contribution in [3.8, 4) is 0 Å². The minimum atomic E-state index is -2.57. The molecule has 0 bridgehead atoms. The van der Waals surface area contributed by atoms with Crippen LogP contribution in [-0.4, -0.2) is 29.3 Å². The predicted octanol–water partition coefficient (Wildman–Crippen LogP) is 2.10. The summed E-state index contributed by atoms with van der Waals surface area (Å²) in [7, 11) is 0. The lowest BCUT2D eigenvalue weighted by molar-refractivity contribution is -0.138. The van der Waals surface area contributed by atoms with Crippen LogP contribution in [0.15, 0.2) is 12.4 Å². The molecule has 0 aromatic heterocycles. The molecule has 0 aromatic carbocycles. The monoisotopic (exact) mass is 244 g/mol. The van der Waals surface area contributed by atoms with Crippen LogP contribution in [0.4, 0.5) is 8.78 Å². The molecule has 1 fully saturated rings. The van der Waals surface area contributed by atoms with Gasteiger partial charge in [0.2, 0.25) is 11.8 Å². The van der Waals surface area contributed by atoms with Crippen LogP contribution in [-0.2, 0) is 4.79 Å². The van der Waals surface area contributed by atoms with E-state index in [0.717, 1.165) is 0 Å². The Kier molecular flexibility index (Phi) is 3.35. The fourth-order valence-corrected chi connectivity index (χ4v) is 2.41. The van der Waals surface area contributed by atoms with Crippen molar-refractivity contribution < 1.29 is 13.6 Å². The van der Waals surface area contributed by atoms with Crippen molar-refractivity contribution in [3.05, 3.63) is 12.4 Å². The summed E-state index contributed by atoms with van der Waals surface area (Å²) in [5.41, 5.74) is 0. The number of alkyl halides is 2. The molecular weight excluding hydrogens is 226 g/mol. The number of nitrogens with zero attached hydrogens (tertiary/aromatic N) is 1. The van der Waals surface area contributed by atoms with Crippen molar-refractivity contribution in [1.82, 2.24) is 10.2 Å². The van der Waals surface area contributed by atoms with E-state index < -0.39 is 5.92 Å². The van der Waals surface area contributed by atoms with Crippen molar-refractivity contribution >= 4 is 5.91 Å². The van der Waals surface area contributed by atoms with Gasteiger partial charge in [0.15, 0.2) is 0 Å². The van der Waals surface area contributed by atoms with Crippen LogP contribution in [0.2, 0.25) is 0 Å². The van der Waals surface area contributed by atoms with E-state index >= 15 is 0 Å². The zero-order chi connectivity index (χ0) is 12.5. The quantitative estimate of drug-likeness (QED) is 0.766. The largest absolute Gasteiger partial charge is 0.388 e.